The van der Waals surface area contributed by atoms with E-state index in [9.17, 15) is 9.59 Å². The lowest BCUT2D eigenvalue weighted by molar-refractivity contribution is -0.125. The molecule has 1 aliphatic carbocycles. The van der Waals surface area contributed by atoms with Crippen molar-refractivity contribution in [3.05, 3.63) is 0 Å². The summed E-state index contributed by atoms with van der Waals surface area (Å²) in [6.07, 6.45) is 2.78. The van der Waals surface area contributed by atoms with Crippen LogP contribution in [-0.2, 0) is 4.79 Å². The number of hydrogen-bond donors (Lipinski definition) is 4. The first-order chi connectivity index (χ1) is 7.11. The van der Waals surface area contributed by atoms with Crippen LogP contribution in [0.4, 0.5) is 4.79 Å². The summed E-state index contributed by atoms with van der Waals surface area (Å²) in [7, 11) is 0. The number of carbonyl (C=O) groups is 2. The predicted octanol–water partition coefficient (Wildman–Crippen LogP) is -1.10. The number of amides is 3. The van der Waals surface area contributed by atoms with Gasteiger partial charge in [-0.3, -0.25) is 4.79 Å². The number of primary amides is 1. The zero-order valence-corrected chi connectivity index (χ0v) is 8.66. The van der Waals surface area contributed by atoms with E-state index in [0.29, 0.717) is 13.1 Å². The Kier molecular flexibility index (Phi) is 4.36. The summed E-state index contributed by atoms with van der Waals surface area (Å²) in [6, 6.07) is -0.601. The average molecular weight is 214 g/mol. The molecule has 0 bridgehead atoms. The minimum atomic E-state index is -0.582. The Bertz CT molecular complexity index is 244. The largest absolute Gasteiger partial charge is 0.354 e. The summed E-state index contributed by atoms with van der Waals surface area (Å²) in [5.74, 6) is -0.0927. The fourth-order valence-corrected chi connectivity index (χ4v) is 1.82. The fraction of sp³-hybridized carbons (Fsp3) is 0.778. The van der Waals surface area contributed by atoms with Crippen LogP contribution >= 0.6 is 0 Å². The molecule has 1 saturated carbocycles. The molecule has 0 radical (unpaired) electrons. The van der Waals surface area contributed by atoms with Gasteiger partial charge in [0.2, 0.25) is 5.91 Å². The molecule has 0 saturated heterocycles. The lowest BCUT2D eigenvalue weighted by atomic mass is 10.0. The number of hydrogen-bond acceptors (Lipinski definition) is 3. The molecule has 86 valence electrons. The lowest BCUT2D eigenvalue weighted by Crippen LogP contribution is -2.42. The van der Waals surface area contributed by atoms with Crippen LogP contribution in [0.5, 0.6) is 0 Å². The van der Waals surface area contributed by atoms with E-state index in [2.05, 4.69) is 10.6 Å². The highest BCUT2D eigenvalue weighted by molar-refractivity contribution is 5.79. The Morgan fingerprint density at radius 1 is 1.20 bits per heavy atom. The average Bonchev–Trinajstić information content (AvgIpc) is 2.58. The second kappa shape index (κ2) is 5.55. The second-order valence-electron chi connectivity index (χ2n) is 3.78. The van der Waals surface area contributed by atoms with Crippen molar-refractivity contribution in [3.8, 4) is 0 Å². The molecule has 2 atom stereocenters. The van der Waals surface area contributed by atoms with E-state index in [-0.39, 0.29) is 17.9 Å². The normalized spacial score (nSPS) is 24.9. The molecule has 0 aliphatic heterocycles. The van der Waals surface area contributed by atoms with Gasteiger partial charge < -0.3 is 22.1 Å². The standard InChI is InChI=1S/C9H18N4O2/c10-7-3-1-2-6(7)8(14)12-4-5-13-9(11)15/h6-7H,1-5,10H2,(H,12,14)(H3,11,13,15). The highest BCUT2D eigenvalue weighted by Gasteiger charge is 2.29. The van der Waals surface area contributed by atoms with E-state index < -0.39 is 6.03 Å². The van der Waals surface area contributed by atoms with Crippen LogP contribution in [0.25, 0.3) is 0 Å². The second-order valence-corrected chi connectivity index (χ2v) is 3.78. The quantitative estimate of drug-likeness (QED) is 0.446. The van der Waals surface area contributed by atoms with Gasteiger partial charge in [0.25, 0.3) is 0 Å². The van der Waals surface area contributed by atoms with Crippen LogP contribution in [0.15, 0.2) is 0 Å². The summed E-state index contributed by atoms with van der Waals surface area (Å²) in [5, 5.41) is 5.12. The first kappa shape index (κ1) is 11.8. The monoisotopic (exact) mass is 214 g/mol. The Hall–Kier alpha value is -1.30. The molecule has 6 heteroatoms. The van der Waals surface area contributed by atoms with Crippen molar-refractivity contribution in [1.82, 2.24) is 10.6 Å². The van der Waals surface area contributed by atoms with Crippen molar-refractivity contribution >= 4 is 11.9 Å². The molecule has 0 aromatic heterocycles. The molecule has 3 amide bonds. The van der Waals surface area contributed by atoms with E-state index in [1.165, 1.54) is 0 Å². The van der Waals surface area contributed by atoms with Crippen LogP contribution < -0.4 is 22.1 Å². The van der Waals surface area contributed by atoms with Crippen molar-refractivity contribution in [2.45, 2.75) is 25.3 Å². The molecule has 1 aliphatic rings. The minimum Gasteiger partial charge on any atom is -0.354 e. The number of nitrogens with two attached hydrogens (primary N) is 2. The molecule has 0 spiro atoms. The van der Waals surface area contributed by atoms with Crippen LogP contribution in [-0.4, -0.2) is 31.1 Å². The predicted molar refractivity (Wildman–Crippen MR) is 55.9 cm³/mol. The number of rotatable bonds is 4. The Morgan fingerprint density at radius 3 is 2.40 bits per heavy atom. The maximum Gasteiger partial charge on any atom is 0.312 e. The van der Waals surface area contributed by atoms with Gasteiger partial charge in [-0.15, -0.1) is 0 Å². The van der Waals surface area contributed by atoms with Gasteiger partial charge in [-0.1, -0.05) is 6.42 Å². The highest BCUT2D eigenvalue weighted by Crippen LogP contribution is 2.23. The van der Waals surface area contributed by atoms with E-state index in [4.69, 9.17) is 11.5 Å². The fourth-order valence-electron chi connectivity index (χ4n) is 1.82. The van der Waals surface area contributed by atoms with Gasteiger partial charge >= 0.3 is 6.03 Å². The van der Waals surface area contributed by atoms with Crippen LogP contribution in [0.3, 0.4) is 0 Å². The molecule has 6 nitrogen and oxygen atoms in total. The number of nitrogens with one attached hydrogen (secondary N) is 2. The Morgan fingerprint density at radius 2 is 1.87 bits per heavy atom. The van der Waals surface area contributed by atoms with Gasteiger partial charge in [-0.25, -0.2) is 4.79 Å². The number of carbonyl (C=O) groups excluding carboxylic acids is 2. The molecule has 6 N–H and O–H groups in total. The van der Waals surface area contributed by atoms with Crippen molar-refractivity contribution in [2.24, 2.45) is 17.4 Å². The van der Waals surface area contributed by atoms with Gasteiger partial charge in [0.05, 0.1) is 5.92 Å². The summed E-state index contributed by atoms with van der Waals surface area (Å²) >= 11 is 0. The third kappa shape index (κ3) is 3.75. The molecule has 0 heterocycles. The van der Waals surface area contributed by atoms with Gasteiger partial charge in [-0.05, 0) is 12.8 Å². The Balaban J connectivity index is 2.15. The maximum absolute atomic E-state index is 11.6. The summed E-state index contributed by atoms with van der Waals surface area (Å²) in [4.78, 5) is 21.9. The zero-order valence-electron chi connectivity index (χ0n) is 8.66. The van der Waals surface area contributed by atoms with Crippen molar-refractivity contribution < 1.29 is 9.59 Å². The van der Waals surface area contributed by atoms with Gasteiger partial charge in [0.15, 0.2) is 0 Å². The molecular weight excluding hydrogens is 196 g/mol. The lowest BCUT2D eigenvalue weighted by Gasteiger charge is -2.14. The topological polar surface area (TPSA) is 110 Å². The van der Waals surface area contributed by atoms with Crippen LogP contribution in [0.1, 0.15) is 19.3 Å². The third-order valence-corrected chi connectivity index (χ3v) is 2.63. The van der Waals surface area contributed by atoms with Crippen LogP contribution in [0, 0.1) is 5.92 Å². The third-order valence-electron chi connectivity index (χ3n) is 2.63. The summed E-state index contributed by atoms with van der Waals surface area (Å²) < 4.78 is 0. The maximum atomic E-state index is 11.6. The molecule has 2 unspecified atom stereocenters. The van der Waals surface area contributed by atoms with Gasteiger partial charge in [0.1, 0.15) is 0 Å². The molecule has 1 fully saturated rings. The van der Waals surface area contributed by atoms with Gasteiger partial charge in [0, 0.05) is 19.1 Å². The van der Waals surface area contributed by atoms with E-state index in [0.717, 1.165) is 19.3 Å². The smallest absolute Gasteiger partial charge is 0.312 e. The molecule has 0 aromatic rings. The Labute approximate surface area is 88.8 Å². The zero-order chi connectivity index (χ0) is 11.3. The minimum absolute atomic E-state index is 0.0194. The molecule has 15 heavy (non-hydrogen) atoms. The van der Waals surface area contributed by atoms with E-state index >= 15 is 0 Å². The van der Waals surface area contributed by atoms with Gasteiger partial charge in [-0.2, -0.15) is 0 Å². The first-order valence-corrected chi connectivity index (χ1v) is 5.18. The van der Waals surface area contributed by atoms with E-state index in [1.807, 2.05) is 0 Å². The van der Waals surface area contributed by atoms with E-state index in [1.54, 1.807) is 0 Å². The number of urea groups is 1. The molecule has 0 aromatic carbocycles. The van der Waals surface area contributed by atoms with Crippen LogP contribution in [0.2, 0.25) is 0 Å². The molecule has 1 rings (SSSR count). The summed E-state index contributed by atoms with van der Waals surface area (Å²) in [5.41, 5.74) is 10.7. The first-order valence-electron chi connectivity index (χ1n) is 5.18. The highest BCUT2D eigenvalue weighted by atomic mass is 16.2. The molecular formula is C9H18N4O2. The summed E-state index contributed by atoms with van der Waals surface area (Å²) in [6.45, 7) is 0.744. The SMILES string of the molecule is NC(=O)NCCNC(=O)C1CCCC1N. The van der Waals surface area contributed by atoms with Crippen molar-refractivity contribution in [1.29, 1.82) is 0 Å². The van der Waals surface area contributed by atoms with Crippen molar-refractivity contribution in [2.75, 3.05) is 13.1 Å². The van der Waals surface area contributed by atoms with Crippen molar-refractivity contribution in [3.63, 3.8) is 0 Å².